The fraction of sp³-hybridized carbons (Fsp3) is 0.435. The number of aryl methyl sites for hydroxylation is 1. The van der Waals surface area contributed by atoms with Crippen molar-refractivity contribution < 1.29 is 17.9 Å². The summed E-state index contributed by atoms with van der Waals surface area (Å²) in [7, 11) is -3.09. The van der Waals surface area contributed by atoms with Gasteiger partial charge in [0, 0.05) is 18.2 Å². The van der Waals surface area contributed by atoms with Crippen molar-refractivity contribution in [3.8, 4) is 5.75 Å². The molecule has 2 aromatic rings. The van der Waals surface area contributed by atoms with E-state index in [1.54, 1.807) is 29.2 Å². The van der Waals surface area contributed by atoms with Crippen LogP contribution in [0.2, 0.25) is 0 Å². The SMILES string of the molecule is Cc1ccc(CN(C(=O)c2ccc(OCC(C)C)cc2)C2CCS(=O)(=O)C2)cc1. The number of ether oxygens (including phenoxy) is 1. The lowest BCUT2D eigenvalue weighted by Gasteiger charge is -2.28. The van der Waals surface area contributed by atoms with Crippen LogP contribution in [0.3, 0.4) is 0 Å². The van der Waals surface area contributed by atoms with Crippen molar-refractivity contribution in [3.05, 3.63) is 65.2 Å². The Hall–Kier alpha value is -2.34. The van der Waals surface area contributed by atoms with Crippen molar-refractivity contribution in [2.45, 2.75) is 39.8 Å². The van der Waals surface area contributed by atoms with Crippen molar-refractivity contribution >= 4 is 15.7 Å². The largest absolute Gasteiger partial charge is 0.493 e. The second-order valence-corrected chi connectivity index (χ2v) is 10.4. The van der Waals surface area contributed by atoms with Gasteiger partial charge in [0.2, 0.25) is 0 Å². The summed E-state index contributed by atoms with van der Waals surface area (Å²) in [5.74, 6) is 1.16. The molecule has 6 heteroatoms. The van der Waals surface area contributed by atoms with E-state index in [1.165, 1.54) is 0 Å². The van der Waals surface area contributed by atoms with Gasteiger partial charge in [0.15, 0.2) is 9.84 Å². The van der Waals surface area contributed by atoms with Crippen LogP contribution in [0.15, 0.2) is 48.5 Å². The van der Waals surface area contributed by atoms with Crippen LogP contribution in [0.5, 0.6) is 5.75 Å². The summed E-state index contributed by atoms with van der Waals surface area (Å²) in [6.07, 6.45) is 0.482. The van der Waals surface area contributed by atoms with E-state index in [1.807, 2.05) is 31.2 Å². The van der Waals surface area contributed by atoms with Gasteiger partial charge in [-0.25, -0.2) is 8.42 Å². The van der Waals surface area contributed by atoms with Gasteiger partial charge in [-0.3, -0.25) is 4.79 Å². The molecule has 0 aromatic heterocycles. The van der Waals surface area contributed by atoms with Crippen LogP contribution in [0.25, 0.3) is 0 Å². The lowest BCUT2D eigenvalue weighted by Crippen LogP contribution is -2.40. The Morgan fingerprint density at radius 3 is 2.31 bits per heavy atom. The molecule has 0 radical (unpaired) electrons. The number of carbonyl (C=O) groups excluding carboxylic acids is 1. The van der Waals surface area contributed by atoms with Crippen LogP contribution in [-0.2, 0) is 16.4 Å². The number of carbonyl (C=O) groups is 1. The average Bonchev–Trinajstić information content (AvgIpc) is 3.05. The van der Waals surface area contributed by atoms with Crippen molar-refractivity contribution in [1.82, 2.24) is 4.90 Å². The molecule has 0 N–H and O–H groups in total. The maximum Gasteiger partial charge on any atom is 0.254 e. The number of rotatable bonds is 7. The first-order valence-corrected chi connectivity index (χ1v) is 11.9. The van der Waals surface area contributed by atoms with Crippen LogP contribution in [0, 0.1) is 12.8 Å². The molecule has 1 fully saturated rings. The van der Waals surface area contributed by atoms with E-state index in [-0.39, 0.29) is 23.5 Å². The zero-order chi connectivity index (χ0) is 21.0. The predicted molar refractivity (Wildman–Crippen MR) is 115 cm³/mol. The van der Waals surface area contributed by atoms with Gasteiger partial charge in [-0.2, -0.15) is 0 Å². The van der Waals surface area contributed by atoms with Gasteiger partial charge >= 0.3 is 0 Å². The molecule has 29 heavy (non-hydrogen) atoms. The molecule has 3 rings (SSSR count). The standard InChI is InChI=1S/C23H29NO4S/c1-17(2)15-28-22-10-8-20(9-11-22)23(25)24(21-12-13-29(26,27)16-21)14-19-6-4-18(3)5-7-19/h4-11,17,21H,12-16H2,1-3H3. The Labute approximate surface area is 173 Å². The van der Waals surface area contributed by atoms with Gasteiger partial charge in [-0.1, -0.05) is 43.7 Å². The maximum absolute atomic E-state index is 13.3. The van der Waals surface area contributed by atoms with Crippen molar-refractivity contribution in [3.63, 3.8) is 0 Å². The van der Waals surface area contributed by atoms with E-state index >= 15 is 0 Å². The molecular formula is C23H29NO4S. The summed E-state index contributed by atoms with van der Waals surface area (Å²) < 4.78 is 29.7. The van der Waals surface area contributed by atoms with Gasteiger partial charge in [0.25, 0.3) is 5.91 Å². The van der Waals surface area contributed by atoms with Gasteiger partial charge < -0.3 is 9.64 Å². The molecular weight excluding hydrogens is 386 g/mol. The fourth-order valence-corrected chi connectivity index (χ4v) is 5.13. The normalized spacial score (nSPS) is 18.0. The highest BCUT2D eigenvalue weighted by Gasteiger charge is 2.35. The zero-order valence-electron chi connectivity index (χ0n) is 17.3. The van der Waals surface area contributed by atoms with Crippen LogP contribution >= 0.6 is 0 Å². The summed E-state index contributed by atoms with van der Waals surface area (Å²) in [5.41, 5.74) is 2.68. The van der Waals surface area contributed by atoms with E-state index in [2.05, 4.69) is 13.8 Å². The third-order valence-corrected chi connectivity index (χ3v) is 6.82. The molecule has 1 unspecified atom stereocenters. The molecule has 5 nitrogen and oxygen atoms in total. The van der Waals surface area contributed by atoms with Crippen LogP contribution in [-0.4, -0.2) is 43.4 Å². The number of benzene rings is 2. The molecule has 0 aliphatic carbocycles. The minimum Gasteiger partial charge on any atom is -0.493 e. The Balaban J connectivity index is 1.80. The smallest absolute Gasteiger partial charge is 0.254 e. The molecule has 0 bridgehead atoms. The Morgan fingerprint density at radius 2 is 1.76 bits per heavy atom. The quantitative estimate of drug-likeness (QED) is 0.689. The molecule has 0 spiro atoms. The monoisotopic (exact) mass is 415 g/mol. The Kier molecular flexibility index (Phi) is 6.63. The molecule has 1 aliphatic rings. The maximum atomic E-state index is 13.3. The minimum absolute atomic E-state index is 0.0280. The summed E-state index contributed by atoms with van der Waals surface area (Å²) in [5, 5.41) is 0. The lowest BCUT2D eigenvalue weighted by atomic mass is 10.1. The van der Waals surface area contributed by atoms with Crippen molar-refractivity contribution in [2.24, 2.45) is 5.92 Å². The highest BCUT2D eigenvalue weighted by atomic mass is 32.2. The topological polar surface area (TPSA) is 63.7 Å². The van der Waals surface area contributed by atoms with Crippen molar-refractivity contribution in [1.29, 1.82) is 0 Å². The first-order chi connectivity index (χ1) is 13.7. The molecule has 1 saturated heterocycles. The summed E-state index contributed by atoms with van der Waals surface area (Å²) in [4.78, 5) is 15.0. The molecule has 1 heterocycles. The van der Waals surface area contributed by atoms with Gasteiger partial charge in [0.1, 0.15) is 5.75 Å². The van der Waals surface area contributed by atoms with E-state index in [0.29, 0.717) is 31.1 Å². The van der Waals surface area contributed by atoms with E-state index in [4.69, 9.17) is 4.74 Å². The second kappa shape index (κ2) is 8.99. The molecule has 156 valence electrons. The van der Waals surface area contributed by atoms with E-state index < -0.39 is 9.84 Å². The highest BCUT2D eigenvalue weighted by molar-refractivity contribution is 7.91. The Bertz CT molecular complexity index is 934. The number of nitrogens with zero attached hydrogens (tertiary/aromatic N) is 1. The third-order valence-electron chi connectivity index (χ3n) is 5.07. The third kappa shape index (κ3) is 5.82. The second-order valence-electron chi connectivity index (χ2n) is 8.20. The summed E-state index contributed by atoms with van der Waals surface area (Å²) in [6.45, 7) is 7.18. The Morgan fingerprint density at radius 1 is 1.10 bits per heavy atom. The number of amides is 1. The number of hydrogen-bond acceptors (Lipinski definition) is 4. The fourth-order valence-electron chi connectivity index (χ4n) is 3.40. The highest BCUT2D eigenvalue weighted by Crippen LogP contribution is 2.23. The van der Waals surface area contributed by atoms with Gasteiger partial charge in [-0.15, -0.1) is 0 Å². The van der Waals surface area contributed by atoms with Crippen LogP contribution in [0.4, 0.5) is 0 Å². The summed E-state index contributed by atoms with van der Waals surface area (Å²) >= 11 is 0. The lowest BCUT2D eigenvalue weighted by molar-refractivity contribution is 0.0681. The van der Waals surface area contributed by atoms with Gasteiger partial charge in [-0.05, 0) is 49.1 Å². The predicted octanol–water partition coefficient (Wildman–Crippen LogP) is 3.86. The first kappa shape index (κ1) is 21.4. The number of hydrogen-bond donors (Lipinski definition) is 0. The molecule has 1 atom stereocenters. The molecule has 1 amide bonds. The van der Waals surface area contributed by atoms with Crippen molar-refractivity contribution in [2.75, 3.05) is 18.1 Å². The van der Waals surface area contributed by atoms with Crippen LogP contribution in [0.1, 0.15) is 41.8 Å². The molecule has 2 aromatic carbocycles. The molecule has 1 aliphatic heterocycles. The van der Waals surface area contributed by atoms with Crippen LogP contribution < -0.4 is 4.74 Å². The number of sulfone groups is 1. The van der Waals surface area contributed by atoms with E-state index in [0.717, 1.165) is 16.9 Å². The minimum atomic E-state index is -3.09. The molecule has 0 saturated carbocycles. The zero-order valence-corrected chi connectivity index (χ0v) is 18.1. The first-order valence-electron chi connectivity index (χ1n) is 10.0. The van der Waals surface area contributed by atoms with Gasteiger partial charge in [0.05, 0.1) is 18.1 Å². The average molecular weight is 416 g/mol. The van der Waals surface area contributed by atoms with E-state index in [9.17, 15) is 13.2 Å². The summed E-state index contributed by atoms with van der Waals surface area (Å²) in [6, 6.07) is 14.8.